The molecule has 5 rings (SSSR count). The van der Waals surface area contributed by atoms with Crippen molar-refractivity contribution in [3.8, 4) is 22.9 Å². The predicted molar refractivity (Wildman–Crippen MR) is 104 cm³/mol. The van der Waals surface area contributed by atoms with Gasteiger partial charge >= 0.3 is 0 Å². The third-order valence-corrected chi connectivity index (χ3v) is 4.53. The van der Waals surface area contributed by atoms with Crippen molar-refractivity contribution >= 4 is 11.0 Å². The van der Waals surface area contributed by atoms with Crippen LogP contribution in [0, 0.1) is 5.82 Å². The van der Waals surface area contributed by atoms with E-state index in [9.17, 15) is 4.39 Å². The van der Waals surface area contributed by atoms with E-state index < -0.39 is 0 Å². The molecule has 3 heterocycles. The van der Waals surface area contributed by atoms with Crippen molar-refractivity contribution in [3.05, 3.63) is 84.3 Å². The lowest BCUT2D eigenvalue weighted by atomic mass is 10.2. The zero-order chi connectivity index (χ0) is 18.9. The van der Waals surface area contributed by atoms with Crippen LogP contribution in [0.1, 0.15) is 5.56 Å². The number of fused-ring (bicyclic) bond motifs is 1. The molecular formula is C21H15FN6. The molecule has 28 heavy (non-hydrogen) atoms. The van der Waals surface area contributed by atoms with Crippen LogP contribution in [-0.4, -0.2) is 29.9 Å². The van der Waals surface area contributed by atoms with E-state index in [0.29, 0.717) is 28.6 Å². The maximum atomic E-state index is 14.1. The van der Waals surface area contributed by atoms with Crippen LogP contribution in [-0.2, 0) is 6.54 Å². The van der Waals surface area contributed by atoms with E-state index in [1.54, 1.807) is 29.1 Å². The third-order valence-electron chi connectivity index (χ3n) is 4.53. The van der Waals surface area contributed by atoms with Gasteiger partial charge in [0.25, 0.3) is 0 Å². The van der Waals surface area contributed by atoms with Crippen molar-refractivity contribution in [1.29, 1.82) is 0 Å². The Morgan fingerprint density at radius 2 is 1.75 bits per heavy atom. The van der Waals surface area contributed by atoms with Crippen LogP contribution in [0.5, 0.6) is 0 Å². The lowest BCUT2D eigenvalue weighted by Crippen LogP contribution is -2.04. The quantitative estimate of drug-likeness (QED) is 0.518. The second-order valence-electron chi connectivity index (χ2n) is 6.35. The van der Waals surface area contributed by atoms with Crippen molar-refractivity contribution in [2.45, 2.75) is 6.54 Å². The first-order valence-electron chi connectivity index (χ1n) is 8.83. The summed E-state index contributed by atoms with van der Waals surface area (Å²) in [6.07, 6.45) is 1.70. The van der Waals surface area contributed by atoms with Crippen molar-refractivity contribution in [1.82, 2.24) is 29.9 Å². The molecule has 5 aromatic rings. The topological polar surface area (TPSA) is 72.3 Å². The van der Waals surface area contributed by atoms with Crippen LogP contribution in [0.25, 0.3) is 33.9 Å². The Morgan fingerprint density at radius 3 is 2.61 bits per heavy atom. The van der Waals surface area contributed by atoms with E-state index in [1.165, 1.54) is 6.07 Å². The number of halogens is 1. The fraction of sp³-hybridized carbons (Fsp3) is 0.0476. The van der Waals surface area contributed by atoms with E-state index in [0.717, 1.165) is 10.9 Å². The number of pyridine rings is 1. The highest BCUT2D eigenvalue weighted by atomic mass is 19.1. The molecule has 0 saturated heterocycles. The molecule has 0 bridgehead atoms. The molecule has 0 amide bonds. The standard InChI is InChI=1S/C21H15FN6/c22-17-11-5-4-9-15(17)13-28-21-16(10-6-12-23-21)18(27-28)20-24-19(25-26-20)14-7-2-1-3-8-14/h1-12H,13H2,(H,24,25,26). The molecule has 6 nitrogen and oxygen atoms in total. The largest absolute Gasteiger partial charge is 0.257 e. The maximum Gasteiger partial charge on any atom is 0.181 e. The molecule has 136 valence electrons. The summed E-state index contributed by atoms with van der Waals surface area (Å²) in [5, 5.41) is 12.8. The average Bonchev–Trinajstić information content (AvgIpc) is 3.36. The van der Waals surface area contributed by atoms with Crippen LogP contribution in [0.15, 0.2) is 72.9 Å². The second-order valence-corrected chi connectivity index (χ2v) is 6.35. The average molecular weight is 370 g/mol. The molecule has 0 spiro atoms. The molecule has 2 aromatic carbocycles. The minimum absolute atomic E-state index is 0.269. The third kappa shape index (κ3) is 2.83. The Bertz CT molecular complexity index is 1260. The van der Waals surface area contributed by atoms with Gasteiger partial charge in [0.05, 0.1) is 11.9 Å². The number of nitrogens with one attached hydrogen (secondary N) is 1. The SMILES string of the molecule is Fc1ccccc1Cn1nc(-c2nc(-c3ccccc3)n[nH]2)c2cccnc21. The fourth-order valence-electron chi connectivity index (χ4n) is 3.17. The van der Waals surface area contributed by atoms with Gasteiger partial charge in [-0.1, -0.05) is 48.5 Å². The summed E-state index contributed by atoms with van der Waals surface area (Å²) in [4.78, 5) is 9.03. The minimum atomic E-state index is -0.269. The number of nitrogens with zero attached hydrogens (tertiary/aromatic N) is 5. The molecule has 0 aliphatic rings. The van der Waals surface area contributed by atoms with Crippen LogP contribution >= 0.6 is 0 Å². The van der Waals surface area contributed by atoms with E-state index in [-0.39, 0.29) is 12.4 Å². The maximum absolute atomic E-state index is 14.1. The molecule has 0 aliphatic heterocycles. The number of aromatic amines is 1. The Hall–Kier alpha value is -3.87. The number of aromatic nitrogens is 6. The number of H-pyrrole nitrogens is 1. The number of hydrogen-bond acceptors (Lipinski definition) is 4. The molecule has 0 saturated carbocycles. The van der Waals surface area contributed by atoms with Gasteiger partial charge in [-0.15, -0.1) is 0 Å². The molecule has 0 aliphatic carbocycles. The summed E-state index contributed by atoms with van der Waals surface area (Å²) in [7, 11) is 0. The van der Waals surface area contributed by atoms with Gasteiger partial charge in [0.1, 0.15) is 11.5 Å². The van der Waals surface area contributed by atoms with Gasteiger partial charge < -0.3 is 0 Å². The lowest BCUT2D eigenvalue weighted by Gasteiger charge is -2.04. The Morgan fingerprint density at radius 1 is 0.929 bits per heavy atom. The molecule has 7 heteroatoms. The van der Waals surface area contributed by atoms with Gasteiger partial charge in [-0.2, -0.15) is 10.2 Å². The Labute approximate surface area is 159 Å². The van der Waals surface area contributed by atoms with E-state index in [1.807, 2.05) is 42.5 Å². The zero-order valence-electron chi connectivity index (χ0n) is 14.7. The van der Waals surface area contributed by atoms with Gasteiger partial charge in [-0.3, -0.25) is 5.10 Å². The van der Waals surface area contributed by atoms with Crippen LogP contribution in [0.4, 0.5) is 4.39 Å². The summed E-state index contributed by atoms with van der Waals surface area (Å²) in [6.45, 7) is 0.278. The van der Waals surface area contributed by atoms with Gasteiger partial charge in [-0.25, -0.2) is 19.0 Å². The molecule has 0 radical (unpaired) electrons. The van der Waals surface area contributed by atoms with Crippen molar-refractivity contribution < 1.29 is 4.39 Å². The van der Waals surface area contributed by atoms with Gasteiger partial charge in [0.15, 0.2) is 17.3 Å². The number of rotatable bonds is 4. The first kappa shape index (κ1) is 16.3. The van der Waals surface area contributed by atoms with Crippen LogP contribution in [0.3, 0.4) is 0 Å². The van der Waals surface area contributed by atoms with E-state index in [2.05, 4.69) is 25.3 Å². The van der Waals surface area contributed by atoms with Crippen molar-refractivity contribution in [3.63, 3.8) is 0 Å². The summed E-state index contributed by atoms with van der Waals surface area (Å²) in [5.74, 6) is 0.870. The van der Waals surface area contributed by atoms with Crippen molar-refractivity contribution in [2.24, 2.45) is 0 Å². The first-order chi connectivity index (χ1) is 13.8. The predicted octanol–water partition coefficient (Wildman–Crippen LogP) is 4.07. The number of benzene rings is 2. The molecule has 1 N–H and O–H groups in total. The molecule has 0 unspecified atom stereocenters. The number of hydrogen-bond donors (Lipinski definition) is 1. The highest BCUT2D eigenvalue weighted by Crippen LogP contribution is 2.26. The molecular weight excluding hydrogens is 355 g/mol. The monoisotopic (exact) mass is 370 g/mol. The van der Waals surface area contributed by atoms with Crippen LogP contribution in [0.2, 0.25) is 0 Å². The second kappa shape index (κ2) is 6.70. The fourth-order valence-corrected chi connectivity index (χ4v) is 3.17. The summed E-state index contributed by atoms with van der Waals surface area (Å²) >= 11 is 0. The van der Waals surface area contributed by atoms with E-state index >= 15 is 0 Å². The molecule has 3 aromatic heterocycles. The van der Waals surface area contributed by atoms with Gasteiger partial charge in [0.2, 0.25) is 0 Å². The normalized spacial score (nSPS) is 11.2. The lowest BCUT2D eigenvalue weighted by molar-refractivity contribution is 0.589. The summed E-state index contributed by atoms with van der Waals surface area (Å²) in [6, 6.07) is 20.1. The van der Waals surface area contributed by atoms with Crippen LogP contribution < -0.4 is 0 Å². The van der Waals surface area contributed by atoms with Gasteiger partial charge in [-0.05, 0) is 18.2 Å². The Balaban J connectivity index is 1.59. The van der Waals surface area contributed by atoms with E-state index in [4.69, 9.17) is 0 Å². The zero-order valence-corrected chi connectivity index (χ0v) is 14.7. The van der Waals surface area contributed by atoms with Crippen molar-refractivity contribution in [2.75, 3.05) is 0 Å². The molecule has 0 atom stereocenters. The highest BCUT2D eigenvalue weighted by Gasteiger charge is 2.18. The molecule has 0 fully saturated rings. The summed E-state index contributed by atoms with van der Waals surface area (Å²) < 4.78 is 15.8. The summed E-state index contributed by atoms with van der Waals surface area (Å²) in [5.41, 5.74) is 2.76. The van der Waals surface area contributed by atoms with Gasteiger partial charge in [0, 0.05) is 17.3 Å². The Kier molecular flexibility index (Phi) is 3.90. The first-order valence-corrected chi connectivity index (χ1v) is 8.83. The highest BCUT2D eigenvalue weighted by molar-refractivity contribution is 5.89. The smallest absolute Gasteiger partial charge is 0.181 e. The minimum Gasteiger partial charge on any atom is -0.257 e.